The lowest BCUT2D eigenvalue weighted by atomic mass is 9.79. The largest absolute Gasteiger partial charge is 0.493 e. The van der Waals surface area contributed by atoms with E-state index in [-0.39, 0.29) is 12.7 Å². The number of rotatable bonds is 4. The highest BCUT2D eigenvalue weighted by molar-refractivity contribution is 6.01. The number of carbonyl (C=O) groups excluding carboxylic acids is 2. The monoisotopic (exact) mass is 399 g/mol. The Labute approximate surface area is 167 Å². The Bertz CT molecular complexity index is 987. The third-order valence-electron chi connectivity index (χ3n) is 5.37. The lowest BCUT2D eigenvalue weighted by Crippen LogP contribution is -2.43. The van der Waals surface area contributed by atoms with Crippen molar-refractivity contribution in [2.75, 3.05) is 35.2 Å². The van der Waals surface area contributed by atoms with Gasteiger partial charge in [-0.1, -0.05) is 6.07 Å². The molecule has 2 aliphatic rings. The first-order chi connectivity index (χ1) is 14.0. The average molecular weight is 399 g/mol. The Morgan fingerprint density at radius 2 is 1.72 bits per heavy atom. The summed E-state index contributed by atoms with van der Waals surface area (Å²) < 4.78 is 26.7. The van der Waals surface area contributed by atoms with Crippen molar-refractivity contribution in [3.63, 3.8) is 0 Å². The summed E-state index contributed by atoms with van der Waals surface area (Å²) in [6.45, 7) is 0.137. The van der Waals surface area contributed by atoms with Crippen LogP contribution in [0.15, 0.2) is 30.3 Å². The summed E-state index contributed by atoms with van der Waals surface area (Å²) in [6.07, 6.45) is 0. The number of hydrogen-bond acceptors (Lipinski definition) is 7. The molecule has 2 heterocycles. The number of ether oxygens (including phenoxy) is 5. The number of benzene rings is 2. The van der Waals surface area contributed by atoms with Gasteiger partial charge in [0.25, 0.3) is 5.91 Å². The van der Waals surface area contributed by atoms with Crippen LogP contribution in [0, 0.1) is 0 Å². The number of esters is 1. The SMILES string of the molecule is COC(=O)[C@H]1c2cc(OC)c(OC)cc2C(=O)N(C)[C@@H]1c1ccc2c(c1)OCO2. The molecule has 0 fully saturated rings. The molecule has 0 saturated carbocycles. The summed E-state index contributed by atoms with van der Waals surface area (Å²) in [7, 11) is 5.99. The van der Waals surface area contributed by atoms with Crippen molar-refractivity contribution in [2.45, 2.75) is 12.0 Å². The molecule has 0 bridgehead atoms. The van der Waals surface area contributed by atoms with Crippen LogP contribution >= 0.6 is 0 Å². The maximum Gasteiger partial charge on any atom is 0.315 e. The summed E-state index contributed by atoms with van der Waals surface area (Å²) >= 11 is 0. The van der Waals surface area contributed by atoms with E-state index >= 15 is 0 Å². The molecular weight excluding hydrogens is 378 g/mol. The molecule has 0 aliphatic carbocycles. The fourth-order valence-electron chi connectivity index (χ4n) is 3.94. The Balaban J connectivity index is 1.90. The minimum absolute atomic E-state index is 0.137. The van der Waals surface area contributed by atoms with Crippen LogP contribution in [-0.4, -0.2) is 51.9 Å². The number of fused-ring (bicyclic) bond motifs is 2. The van der Waals surface area contributed by atoms with Crippen molar-refractivity contribution in [1.82, 2.24) is 4.90 Å². The number of amides is 1. The molecule has 0 radical (unpaired) electrons. The predicted octanol–water partition coefficient (Wildman–Crippen LogP) is 2.52. The number of hydrogen-bond donors (Lipinski definition) is 0. The second kappa shape index (κ2) is 7.20. The zero-order valence-corrected chi connectivity index (χ0v) is 16.6. The molecule has 0 spiro atoms. The first-order valence-corrected chi connectivity index (χ1v) is 9.00. The molecule has 0 saturated heterocycles. The van der Waals surface area contributed by atoms with Crippen molar-refractivity contribution in [3.05, 3.63) is 47.0 Å². The molecular formula is C21H21NO7. The molecule has 0 unspecified atom stereocenters. The summed E-state index contributed by atoms with van der Waals surface area (Å²) in [6, 6.07) is 8.06. The highest BCUT2D eigenvalue weighted by Gasteiger charge is 2.44. The van der Waals surface area contributed by atoms with Crippen molar-refractivity contribution >= 4 is 11.9 Å². The zero-order valence-electron chi connectivity index (χ0n) is 16.6. The van der Waals surface area contributed by atoms with E-state index in [1.165, 1.54) is 26.2 Å². The van der Waals surface area contributed by atoms with E-state index in [4.69, 9.17) is 23.7 Å². The van der Waals surface area contributed by atoms with Gasteiger partial charge in [-0.3, -0.25) is 9.59 Å². The molecule has 29 heavy (non-hydrogen) atoms. The van der Waals surface area contributed by atoms with Crippen LogP contribution in [0.1, 0.15) is 33.4 Å². The van der Waals surface area contributed by atoms with Gasteiger partial charge in [-0.15, -0.1) is 0 Å². The summed E-state index contributed by atoms with van der Waals surface area (Å²) in [5.41, 5.74) is 1.64. The molecule has 0 aromatic heterocycles. The topological polar surface area (TPSA) is 83.5 Å². The zero-order chi connectivity index (χ0) is 20.7. The molecule has 1 amide bonds. The Morgan fingerprint density at radius 3 is 2.41 bits per heavy atom. The lowest BCUT2D eigenvalue weighted by molar-refractivity contribution is -0.144. The third-order valence-corrected chi connectivity index (χ3v) is 5.37. The minimum Gasteiger partial charge on any atom is -0.493 e. The van der Waals surface area contributed by atoms with Gasteiger partial charge in [0.05, 0.1) is 27.4 Å². The summed E-state index contributed by atoms with van der Waals surface area (Å²) in [5.74, 6) is 0.604. The van der Waals surface area contributed by atoms with Crippen LogP contribution in [0.25, 0.3) is 0 Å². The van der Waals surface area contributed by atoms with E-state index in [1.807, 2.05) is 6.07 Å². The van der Waals surface area contributed by atoms with Gasteiger partial charge in [0.2, 0.25) is 6.79 Å². The number of methoxy groups -OCH3 is 3. The van der Waals surface area contributed by atoms with Crippen molar-refractivity contribution in [2.24, 2.45) is 0 Å². The second-order valence-corrected chi connectivity index (χ2v) is 6.77. The highest BCUT2D eigenvalue weighted by Crippen LogP contribution is 2.47. The first-order valence-electron chi connectivity index (χ1n) is 9.00. The highest BCUT2D eigenvalue weighted by atomic mass is 16.7. The van der Waals surface area contributed by atoms with Gasteiger partial charge in [0.1, 0.15) is 5.92 Å². The fraction of sp³-hybridized carbons (Fsp3) is 0.333. The van der Waals surface area contributed by atoms with E-state index in [2.05, 4.69) is 0 Å². The molecule has 152 valence electrons. The van der Waals surface area contributed by atoms with Gasteiger partial charge in [0.15, 0.2) is 23.0 Å². The molecule has 2 atom stereocenters. The second-order valence-electron chi connectivity index (χ2n) is 6.77. The molecule has 8 heteroatoms. The normalized spacial score (nSPS) is 19.6. The molecule has 2 aromatic carbocycles. The smallest absolute Gasteiger partial charge is 0.315 e. The van der Waals surface area contributed by atoms with E-state index in [0.29, 0.717) is 34.1 Å². The van der Waals surface area contributed by atoms with E-state index in [0.717, 1.165) is 5.56 Å². The Morgan fingerprint density at radius 1 is 1.03 bits per heavy atom. The maximum atomic E-state index is 13.2. The van der Waals surface area contributed by atoms with Crippen LogP contribution in [0.3, 0.4) is 0 Å². The van der Waals surface area contributed by atoms with Gasteiger partial charge in [-0.2, -0.15) is 0 Å². The molecule has 4 rings (SSSR count). The van der Waals surface area contributed by atoms with Crippen LogP contribution in [0.5, 0.6) is 23.0 Å². The van der Waals surface area contributed by atoms with Crippen molar-refractivity contribution in [3.8, 4) is 23.0 Å². The Hall–Kier alpha value is -3.42. The standard InChI is InChI=1S/C21H21NO7/c1-22-19(11-5-6-14-17(7-11)29-10-28-14)18(21(24)27-4)12-8-15(25-2)16(26-3)9-13(12)20(22)23/h5-9,18-19H,10H2,1-4H3/t18-,19+/m0/s1. The van der Waals surface area contributed by atoms with E-state index < -0.39 is 17.9 Å². The van der Waals surface area contributed by atoms with Gasteiger partial charge >= 0.3 is 5.97 Å². The van der Waals surface area contributed by atoms with E-state index in [9.17, 15) is 9.59 Å². The predicted molar refractivity (Wildman–Crippen MR) is 102 cm³/mol. The minimum atomic E-state index is -0.752. The number of likely N-dealkylation sites (N-methyl/N-ethyl adjacent to an activating group) is 1. The van der Waals surface area contributed by atoms with Crippen LogP contribution in [-0.2, 0) is 9.53 Å². The van der Waals surface area contributed by atoms with Crippen molar-refractivity contribution in [1.29, 1.82) is 0 Å². The Kier molecular flexibility index (Phi) is 4.70. The van der Waals surface area contributed by atoms with E-state index in [1.54, 1.807) is 31.3 Å². The van der Waals surface area contributed by atoms with Crippen LogP contribution < -0.4 is 18.9 Å². The number of nitrogens with zero attached hydrogens (tertiary/aromatic N) is 1. The molecule has 0 N–H and O–H groups in total. The average Bonchev–Trinajstić information content (AvgIpc) is 3.22. The molecule has 8 nitrogen and oxygen atoms in total. The first kappa shape index (κ1) is 18.9. The van der Waals surface area contributed by atoms with Gasteiger partial charge in [0, 0.05) is 12.6 Å². The maximum absolute atomic E-state index is 13.2. The summed E-state index contributed by atoms with van der Waals surface area (Å²) in [5, 5.41) is 0. The van der Waals surface area contributed by atoms with Crippen LogP contribution in [0.2, 0.25) is 0 Å². The molecule has 2 aromatic rings. The lowest BCUT2D eigenvalue weighted by Gasteiger charge is -2.39. The van der Waals surface area contributed by atoms with Gasteiger partial charge in [-0.25, -0.2) is 0 Å². The quantitative estimate of drug-likeness (QED) is 0.731. The van der Waals surface area contributed by atoms with Crippen LogP contribution in [0.4, 0.5) is 0 Å². The fourth-order valence-corrected chi connectivity index (χ4v) is 3.94. The van der Waals surface area contributed by atoms with Crippen molar-refractivity contribution < 1.29 is 33.3 Å². The number of carbonyl (C=O) groups is 2. The third kappa shape index (κ3) is 2.91. The molecule has 2 aliphatic heterocycles. The van der Waals surface area contributed by atoms with Gasteiger partial charge in [-0.05, 0) is 35.4 Å². The summed E-state index contributed by atoms with van der Waals surface area (Å²) in [4.78, 5) is 27.6. The van der Waals surface area contributed by atoms with Gasteiger partial charge < -0.3 is 28.6 Å².